The fourth-order valence-electron chi connectivity index (χ4n) is 5.84. The number of fused-ring (bicyclic) bond motifs is 4. The summed E-state index contributed by atoms with van der Waals surface area (Å²) < 4.78 is 10.7. The second-order valence-corrected chi connectivity index (χ2v) is 10.1. The molecule has 2 fully saturated rings. The van der Waals surface area contributed by atoms with Crippen LogP contribution in [0, 0.1) is 0 Å². The van der Waals surface area contributed by atoms with E-state index in [-0.39, 0.29) is 42.7 Å². The molecule has 2 heterocycles. The third-order valence-electron chi connectivity index (χ3n) is 7.70. The number of pyridine rings is 1. The van der Waals surface area contributed by atoms with Gasteiger partial charge in [0.15, 0.2) is 0 Å². The number of nitrogens with one attached hydrogen (secondary N) is 4. The Bertz CT molecular complexity index is 841. The minimum Gasteiger partial charge on any atom is -1.00 e. The summed E-state index contributed by atoms with van der Waals surface area (Å²) in [6, 6.07) is 3.00. The number of hydrogen-bond acceptors (Lipinski definition) is 9. The zero-order valence-electron chi connectivity index (χ0n) is 22.6. The van der Waals surface area contributed by atoms with Crippen molar-refractivity contribution in [2.24, 2.45) is 0 Å². The van der Waals surface area contributed by atoms with Crippen LogP contribution in [0.25, 0.3) is 0 Å². The van der Waals surface area contributed by atoms with Crippen LogP contribution in [0.15, 0.2) is 6.07 Å². The third-order valence-corrected chi connectivity index (χ3v) is 7.70. The summed E-state index contributed by atoms with van der Waals surface area (Å²) in [6.07, 6.45) is 9.26. The van der Waals surface area contributed by atoms with Crippen LogP contribution in [0.4, 0.5) is 0 Å². The van der Waals surface area contributed by atoms with Crippen LogP contribution in [0.5, 0.6) is 0 Å². The van der Waals surface area contributed by atoms with E-state index in [9.17, 15) is 9.59 Å². The maximum absolute atomic E-state index is 12.9. The number of esters is 2. The van der Waals surface area contributed by atoms with Crippen molar-refractivity contribution in [2.75, 3.05) is 26.3 Å². The van der Waals surface area contributed by atoms with Gasteiger partial charge in [0.1, 0.15) is 0 Å². The molecule has 0 amide bonds. The van der Waals surface area contributed by atoms with Gasteiger partial charge in [-0.1, -0.05) is 25.7 Å². The van der Waals surface area contributed by atoms with Crippen molar-refractivity contribution in [1.82, 2.24) is 26.3 Å². The second-order valence-electron chi connectivity index (χ2n) is 10.1. The van der Waals surface area contributed by atoms with Crippen LogP contribution in [0.3, 0.4) is 0 Å². The molecule has 4 atom stereocenters. The number of halogens is 1. The van der Waals surface area contributed by atoms with Crippen LogP contribution in [0.1, 0.15) is 97.3 Å². The van der Waals surface area contributed by atoms with Gasteiger partial charge in [-0.3, -0.25) is 4.98 Å². The van der Waals surface area contributed by atoms with Crippen molar-refractivity contribution in [1.29, 1.82) is 0 Å². The first-order valence-corrected chi connectivity index (χ1v) is 13.9. The number of aromatic nitrogens is 1. The molecule has 9 nitrogen and oxygen atoms in total. The quantitative estimate of drug-likeness (QED) is 0.270. The normalized spacial score (nSPS) is 26.1. The van der Waals surface area contributed by atoms with E-state index in [0.29, 0.717) is 59.8 Å². The molecule has 3 aliphatic rings. The molecule has 11 heteroatoms. The average molecular weight is 592 g/mol. The van der Waals surface area contributed by atoms with Gasteiger partial charge in [0.25, 0.3) is 0 Å². The largest absolute Gasteiger partial charge is 2.00 e. The van der Waals surface area contributed by atoms with E-state index in [1.165, 1.54) is 25.7 Å². The fraction of sp³-hybridized carbons (Fsp3) is 0.741. The number of carbonyl (C=O) groups excluding carboxylic acids is 2. The van der Waals surface area contributed by atoms with E-state index in [1.54, 1.807) is 19.9 Å². The van der Waals surface area contributed by atoms with Crippen LogP contribution in [-0.4, -0.2) is 67.4 Å². The van der Waals surface area contributed by atoms with Crippen LogP contribution in [0.2, 0.25) is 0 Å². The first-order chi connectivity index (χ1) is 17.6. The standard InChI is InChI=1S/C27H43N5O4.ClH.Mn/c1-3-35-26(33)18-15-19(27(34)36-4-2)25-17-31-23-12-8-6-10-21(23)29-14-13-28-20-9-5-7-11-22(20)30-16-24(18)32-25;;/h15,20-23,28-31H,3-14,16-17H2,1-2H3;1H;/q;;+2/p-1/t20-,21-,22-,23-;;/m1../s1. The number of nitrogens with zero attached hydrogens (tertiary/aromatic N) is 1. The fourth-order valence-corrected chi connectivity index (χ4v) is 5.84. The Hall–Kier alpha value is -1.26. The molecule has 1 aromatic heterocycles. The van der Waals surface area contributed by atoms with Crippen LogP contribution in [-0.2, 0) is 39.6 Å². The van der Waals surface area contributed by atoms with E-state index in [1.807, 2.05) is 0 Å². The van der Waals surface area contributed by atoms with Crippen LogP contribution < -0.4 is 33.7 Å². The second kappa shape index (κ2) is 16.8. The molecular formula is C27H43ClMnN5O4+. The number of hydrogen-bond donors (Lipinski definition) is 4. The van der Waals surface area contributed by atoms with Crippen molar-refractivity contribution in [3.05, 3.63) is 28.6 Å². The minimum absolute atomic E-state index is 0. The van der Waals surface area contributed by atoms with Gasteiger partial charge >= 0.3 is 29.0 Å². The molecule has 2 bridgehead atoms. The predicted octanol–water partition coefficient (Wildman–Crippen LogP) is -0.569. The summed E-state index contributed by atoms with van der Waals surface area (Å²) in [5.74, 6) is -0.917. The van der Waals surface area contributed by atoms with Crippen molar-refractivity contribution in [2.45, 2.75) is 102 Å². The summed E-state index contributed by atoms with van der Waals surface area (Å²) in [5.41, 5.74) is 1.91. The van der Waals surface area contributed by atoms with Crippen molar-refractivity contribution in [3.8, 4) is 0 Å². The maximum atomic E-state index is 12.9. The van der Waals surface area contributed by atoms with E-state index in [4.69, 9.17) is 14.5 Å². The molecule has 4 N–H and O–H groups in total. The first-order valence-electron chi connectivity index (χ1n) is 13.9. The van der Waals surface area contributed by atoms with E-state index >= 15 is 0 Å². The van der Waals surface area contributed by atoms with E-state index in [2.05, 4.69) is 21.3 Å². The van der Waals surface area contributed by atoms with Gasteiger partial charge in [0.2, 0.25) is 0 Å². The van der Waals surface area contributed by atoms with Gasteiger partial charge in [0, 0.05) is 50.3 Å². The zero-order valence-corrected chi connectivity index (χ0v) is 24.6. The van der Waals surface area contributed by atoms with Gasteiger partial charge in [-0.2, -0.15) is 0 Å². The summed E-state index contributed by atoms with van der Waals surface area (Å²) in [6.45, 7) is 6.82. The SMILES string of the molecule is CCOC(=O)c1cc(C(=O)OCC)c2nc1CN[C@@H]1CCCC[C@H]1NCCN[C@@H]1CCCC[C@H]1NC2.[Cl-].[Mn+2]. The molecule has 0 spiro atoms. The third kappa shape index (κ3) is 8.62. The van der Waals surface area contributed by atoms with Gasteiger partial charge in [0.05, 0.1) is 35.7 Å². The summed E-state index contributed by atoms with van der Waals surface area (Å²) in [5, 5.41) is 14.9. The smallest absolute Gasteiger partial charge is 1.00 e. The number of ether oxygens (including phenoxy) is 2. The Balaban J connectivity index is 0.00000253. The van der Waals surface area contributed by atoms with Crippen molar-refractivity contribution >= 4 is 11.9 Å². The Morgan fingerprint density at radius 1 is 0.737 bits per heavy atom. The molecule has 213 valence electrons. The Labute approximate surface area is 243 Å². The molecule has 1 radical (unpaired) electrons. The molecule has 0 unspecified atom stereocenters. The Morgan fingerprint density at radius 2 is 1.11 bits per heavy atom. The molecule has 0 saturated heterocycles. The molecular weight excluding hydrogens is 549 g/mol. The molecule has 2 saturated carbocycles. The maximum Gasteiger partial charge on any atom is 2.00 e. The minimum atomic E-state index is -0.459. The molecule has 1 aromatic rings. The van der Waals surface area contributed by atoms with Gasteiger partial charge in [-0.25, -0.2) is 9.59 Å². The first kappa shape index (κ1) is 32.9. The number of carbonyl (C=O) groups is 2. The monoisotopic (exact) mass is 591 g/mol. The summed E-state index contributed by atoms with van der Waals surface area (Å²) in [4.78, 5) is 30.7. The molecule has 4 rings (SSSR count). The molecule has 38 heavy (non-hydrogen) atoms. The predicted molar refractivity (Wildman–Crippen MR) is 138 cm³/mol. The number of rotatable bonds is 4. The Kier molecular flexibility index (Phi) is 14.5. The van der Waals surface area contributed by atoms with Gasteiger partial charge in [-0.15, -0.1) is 0 Å². The summed E-state index contributed by atoms with van der Waals surface area (Å²) >= 11 is 0. The topological polar surface area (TPSA) is 114 Å². The average Bonchev–Trinajstić information content (AvgIpc) is 2.89. The van der Waals surface area contributed by atoms with Gasteiger partial charge < -0.3 is 43.1 Å². The van der Waals surface area contributed by atoms with Crippen molar-refractivity contribution in [3.63, 3.8) is 0 Å². The van der Waals surface area contributed by atoms with E-state index in [0.717, 1.165) is 38.8 Å². The Morgan fingerprint density at radius 3 is 1.47 bits per heavy atom. The zero-order chi connectivity index (χ0) is 25.3. The van der Waals surface area contributed by atoms with Crippen LogP contribution >= 0.6 is 0 Å². The van der Waals surface area contributed by atoms with Gasteiger partial charge in [-0.05, 0) is 45.6 Å². The summed E-state index contributed by atoms with van der Waals surface area (Å²) in [7, 11) is 0. The van der Waals surface area contributed by atoms with E-state index < -0.39 is 11.9 Å². The molecule has 2 aliphatic carbocycles. The van der Waals surface area contributed by atoms with Crippen molar-refractivity contribution < 1.29 is 48.5 Å². The molecule has 0 aromatic carbocycles. The molecule has 1 aliphatic heterocycles.